The molecule has 1 nitrogen and oxygen atoms in total. The van der Waals surface area contributed by atoms with Crippen LogP contribution in [0.2, 0.25) is 0 Å². The Morgan fingerprint density at radius 3 is 2.38 bits per heavy atom. The van der Waals surface area contributed by atoms with Crippen LogP contribution in [0, 0.1) is 13.8 Å². The normalized spacial score (nSPS) is 9.69. The quantitative estimate of drug-likeness (QED) is 0.547. The molecule has 0 bridgehead atoms. The van der Waals surface area contributed by atoms with Gasteiger partial charge in [-0.05, 0) is 43.5 Å². The lowest BCUT2D eigenvalue weighted by atomic mass is 10.1. The highest BCUT2D eigenvalue weighted by atomic mass is 14.9. The first-order chi connectivity index (χ1) is 6.22. The maximum absolute atomic E-state index is 3.69. The number of anilines is 1. The summed E-state index contributed by atoms with van der Waals surface area (Å²) in [5, 5.41) is 3.36. The molecule has 70 valence electrons. The first kappa shape index (κ1) is 9.85. The van der Waals surface area contributed by atoms with Crippen molar-refractivity contribution in [2.24, 2.45) is 0 Å². The third-order valence-electron chi connectivity index (χ3n) is 1.90. The van der Waals surface area contributed by atoms with E-state index < -0.39 is 0 Å². The summed E-state index contributed by atoms with van der Waals surface area (Å²) in [6, 6.07) is 6.50. The Morgan fingerprint density at radius 1 is 1.23 bits per heavy atom. The zero-order valence-corrected chi connectivity index (χ0v) is 8.43. The van der Waals surface area contributed by atoms with Gasteiger partial charge in [-0.2, -0.15) is 0 Å². The SMILES string of the molecule is C=CCCNc1cc(C)cc(C)c1. The molecule has 0 heterocycles. The van der Waals surface area contributed by atoms with Gasteiger partial charge in [0.25, 0.3) is 0 Å². The minimum atomic E-state index is 0.965. The Morgan fingerprint density at radius 2 is 1.85 bits per heavy atom. The summed E-state index contributed by atoms with van der Waals surface area (Å²) < 4.78 is 0. The first-order valence-electron chi connectivity index (χ1n) is 4.65. The summed E-state index contributed by atoms with van der Waals surface area (Å²) >= 11 is 0. The van der Waals surface area contributed by atoms with Crippen molar-refractivity contribution in [3.05, 3.63) is 42.0 Å². The minimum Gasteiger partial charge on any atom is -0.385 e. The van der Waals surface area contributed by atoms with Gasteiger partial charge in [-0.1, -0.05) is 12.1 Å². The number of nitrogens with one attached hydrogen (secondary N) is 1. The Kier molecular flexibility index (Phi) is 3.56. The lowest BCUT2D eigenvalue weighted by Gasteiger charge is -2.06. The predicted octanol–water partition coefficient (Wildman–Crippen LogP) is 3.29. The monoisotopic (exact) mass is 175 g/mol. The third kappa shape index (κ3) is 3.32. The molecule has 0 amide bonds. The molecule has 1 aromatic rings. The summed E-state index contributed by atoms with van der Waals surface area (Å²) in [6.07, 6.45) is 2.93. The number of rotatable bonds is 4. The smallest absolute Gasteiger partial charge is 0.0345 e. The molecular weight excluding hydrogens is 158 g/mol. The lowest BCUT2D eigenvalue weighted by Crippen LogP contribution is -2.00. The molecule has 1 rings (SSSR count). The second-order valence-corrected chi connectivity index (χ2v) is 3.38. The van der Waals surface area contributed by atoms with Gasteiger partial charge >= 0.3 is 0 Å². The molecule has 0 fully saturated rings. The molecule has 0 saturated carbocycles. The van der Waals surface area contributed by atoms with Crippen molar-refractivity contribution < 1.29 is 0 Å². The van der Waals surface area contributed by atoms with Gasteiger partial charge in [0.15, 0.2) is 0 Å². The average Bonchev–Trinajstić information content (AvgIpc) is 2.03. The van der Waals surface area contributed by atoms with E-state index in [2.05, 4.69) is 43.9 Å². The molecule has 1 N–H and O–H groups in total. The van der Waals surface area contributed by atoms with E-state index in [1.807, 2.05) is 6.08 Å². The van der Waals surface area contributed by atoms with Gasteiger partial charge in [0.2, 0.25) is 0 Å². The van der Waals surface area contributed by atoms with Gasteiger partial charge in [0.1, 0.15) is 0 Å². The number of hydrogen-bond acceptors (Lipinski definition) is 1. The molecule has 0 aliphatic rings. The zero-order valence-electron chi connectivity index (χ0n) is 8.43. The van der Waals surface area contributed by atoms with Crippen molar-refractivity contribution in [3.8, 4) is 0 Å². The Bertz CT molecular complexity index is 269. The van der Waals surface area contributed by atoms with Gasteiger partial charge in [0, 0.05) is 12.2 Å². The van der Waals surface area contributed by atoms with E-state index >= 15 is 0 Å². The Balaban J connectivity index is 2.60. The maximum atomic E-state index is 3.69. The first-order valence-corrected chi connectivity index (χ1v) is 4.65. The van der Waals surface area contributed by atoms with Gasteiger partial charge in [0.05, 0.1) is 0 Å². The van der Waals surface area contributed by atoms with Gasteiger partial charge in [-0.3, -0.25) is 0 Å². The number of hydrogen-bond donors (Lipinski definition) is 1. The van der Waals surface area contributed by atoms with E-state index in [1.165, 1.54) is 16.8 Å². The zero-order chi connectivity index (χ0) is 9.68. The number of benzene rings is 1. The molecule has 0 aliphatic carbocycles. The van der Waals surface area contributed by atoms with Crippen LogP contribution in [0.25, 0.3) is 0 Å². The predicted molar refractivity (Wildman–Crippen MR) is 59.2 cm³/mol. The second kappa shape index (κ2) is 4.70. The van der Waals surface area contributed by atoms with Crippen LogP contribution in [0.5, 0.6) is 0 Å². The molecular formula is C12H17N. The topological polar surface area (TPSA) is 12.0 Å². The summed E-state index contributed by atoms with van der Waals surface area (Å²) in [4.78, 5) is 0. The summed E-state index contributed by atoms with van der Waals surface area (Å²) in [6.45, 7) is 8.89. The van der Waals surface area contributed by atoms with E-state index in [-0.39, 0.29) is 0 Å². The molecule has 0 saturated heterocycles. The molecule has 0 aromatic heterocycles. The molecule has 13 heavy (non-hydrogen) atoms. The molecule has 0 radical (unpaired) electrons. The summed E-state index contributed by atoms with van der Waals surface area (Å²) in [7, 11) is 0. The van der Waals surface area contributed by atoms with E-state index in [0.29, 0.717) is 0 Å². The third-order valence-corrected chi connectivity index (χ3v) is 1.90. The fourth-order valence-corrected chi connectivity index (χ4v) is 1.40. The average molecular weight is 175 g/mol. The highest BCUT2D eigenvalue weighted by Crippen LogP contribution is 2.13. The van der Waals surface area contributed by atoms with Crippen LogP contribution in [-0.2, 0) is 0 Å². The summed E-state index contributed by atoms with van der Waals surface area (Å²) in [5.74, 6) is 0. The standard InChI is InChI=1S/C12H17N/c1-4-5-6-13-12-8-10(2)7-11(3)9-12/h4,7-9,13H,1,5-6H2,2-3H3. The largest absolute Gasteiger partial charge is 0.385 e. The van der Waals surface area contributed by atoms with Crippen molar-refractivity contribution in [1.82, 2.24) is 0 Å². The second-order valence-electron chi connectivity index (χ2n) is 3.38. The fraction of sp³-hybridized carbons (Fsp3) is 0.333. The lowest BCUT2D eigenvalue weighted by molar-refractivity contribution is 1.07. The molecule has 0 unspecified atom stereocenters. The van der Waals surface area contributed by atoms with Crippen molar-refractivity contribution in [2.45, 2.75) is 20.3 Å². The van der Waals surface area contributed by atoms with Crippen LogP contribution in [0.15, 0.2) is 30.9 Å². The van der Waals surface area contributed by atoms with Crippen molar-refractivity contribution >= 4 is 5.69 Å². The van der Waals surface area contributed by atoms with Crippen LogP contribution in [0.3, 0.4) is 0 Å². The van der Waals surface area contributed by atoms with Gasteiger partial charge in [-0.15, -0.1) is 6.58 Å². The van der Waals surface area contributed by atoms with E-state index in [1.54, 1.807) is 0 Å². The summed E-state index contributed by atoms with van der Waals surface area (Å²) in [5.41, 5.74) is 3.82. The maximum Gasteiger partial charge on any atom is 0.0345 e. The molecule has 1 heteroatoms. The van der Waals surface area contributed by atoms with Crippen LogP contribution >= 0.6 is 0 Å². The van der Waals surface area contributed by atoms with E-state index in [4.69, 9.17) is 0 Å². The van der Waals surface area contributed by atoms with Crippen molar-refractivity contribution in [2.75, 3.05) is 11.9 Å². The Labute approximate surface area is 80.5 Å². The van der Waals surface area contributed by atoms with Crippen LogP contribution < -0.4 is 5.32 Å². The van der Waals surface area contributed by atoms with E-state index in [9.17, 15) is 0 Å². The van der Waals surface area contributed by atoms with Crippen LogP contribution in [0.4, 0.5) is 5.69 Å². The van der Waals surface area contributed by atoms with Gasteiger partial charge in [-0.25, -0.2) is 0 Å². The fourth-order valence-electron chi connectivity index (χ4n) is 1.40. The highest BCUT2D eigenvalue weighted by Gasteiger charge is 1.93. The van der Waals surface area contributed by atoms with Crippen LogP contribution in [-0.4, -0.2) is 6.54 Å². The molecule has 0 atom stereocenters. The highest BCUT2D eigenvalue weighted by molar-refractivity contribution is 5.48. The van der Waals surface area contributed by atoms with Crippen molar-refractivity contribution in [1.29, 1.82) is 0 Å². The minimum absolute atomic E-state index is 0.965. The molecule has 0 spiro atoms. The molecule has 1 aromatic carbocycles. The Hall–Kier alpha value is -1.24. The van der Waals surface area contributed by atoms with Crippen LogP contribution in [0.1, 0.15) is 17.5 Å². The van der Waals surface area contributed by atoms with E-state index in [0.717, 1.165) is 13.0 Å². The van der Waals surface area contributed by atoms with Gasteiger partial charge < -0.3 is 5.32 Å². The molecule has 0 aliphatic heterocycles. The number of aryl methyl sites for hydroxylation is 2. The van der Waals surface area contributed by atoms with Crippen molar-refractivity contribution in [3.63, 3.8) is 0 Å².